The highest BCUT2D eigenvalue weighted by atomic mass is 35.5. The zero-order chi connectivity index (χ0) is 27.9. The van der Waals surface area contributed by atoms with E-state index >= 15 is 0 Å². The number of methoxy groups -OCH3 is 1. The minimum atomic E-state index is -0.788. The van der Waals surface area contributed by atoms with Gasteiger partial charge in [-0.2, -0.15) is 0 Å². The van der Waals surface area contributed by atoms with Gasteiger partial charge < -0.3 is 28.8 Å². The van der Waals surface area contributed by atoms with Gasteiger partial charge in [0, 0.05) is 36.9 Å². The van der Waals surface area contributed by atoms with E-state index in [0.717, 1.165) is 38.5 Å². The summed E-state index contributed by atoms with van der Waals surface area (Å²) in [5.41, 5.74) is 2.18. The van der Waals surface area contributed by atoms with E-state index < -0.39 is 17.9 Å². The van der Waals surface area contributed by atoms with Crippen molar-refractivity contribution in [1.29, 1.82) is 0 Å². The van der Waals surface area contributed by atoms with Gasteiger partial charge in [-0.1, -0.05) is 29.8 Å². The van der Waals surface area contributed by atoms with Gasteiger partial charge in [0.05, 0.1) is 49.6 Å². The van der Waals surface area contributed by atoms with Gasteiger partial charge in [0.25, 0.3) is 0 Å². The number of carbonyl (C=O) groups is 2. The summed E-state index contributed by atoms with van der Waals surface area (Å²) < 4.78 is 22.5. The van der Waals surface area contributed by atoms with E-state index in [1.54, 1.807) is 32.0 Å². The Morgan fingerprint density at radius 3 is 2.44 bits per heavy atom. The van der Waals surface area contributed by atoms with Gasteiger partial charge in [-0.3, -0.25) is 4.90 Å². The molecule has 1 aromatic heterocycles. The van der Waals surface area contributed by atoms with Crippen molar-refractivity contribution >= 4 is 23.5 Å². The van der Waals surface area contributed by atoms with Crippen LogP contribution in [-0.2, 0) is 37.0 Å². The molecule has 1 fully saturated rings. The number of hydrogen-bond acceptors (Lipinski definition) is 9. The summed E-state index contributed by atoms with van der Waals surface area (Å²) in [4.78, 5) is 30.9. The third-order valence-corrected chi connectivity index (χ3v) is 7.29. The second kappa shape index (κ2) is 13.3. The molecule has 3 heterocycles. The molecule has 0 radical (unpaired) electrons. The standard InChI is InChI=1S/C29H36ClN3O6/c1-5-38-29(35)27-24(18-37-17-21-11-10-20(39-21)16-33-14-12-32(3)13-15-33)31-19(2)25(28(34)36-4)26(27)22-8-6-7-9-23(22)30/h6-11,26,31H,5,12-18H2,1-4H3. The summed E-state index contributed by atoms with van der Waals surface area (Å²) in [5, 5.41) is 3.61. The molecule has 0 spiro atoms. The zero-order valence-electron chi connectivity index (χ0n) is 22.9. The molecule has 0 amide bonds. The number of ether oxygens (including phenoxy) is 3. The predicted molar refractivity (Wildman–Crippen MR) is 147 cm³/mol. The molecule has 1 saturated heterocycles. The van der Waals surface area contributed by atoms with Crippen molar-refractivity contribution in [3.63, 3.8) is 0 Å². The first kappa shape index (κ1) is 28.9. The lowest BCUT2D eigenvalue weighted by atomic mass is 9.80. The van der Waals surface area contributed by atoms with Crippen LogP contribution in [0, 0.1) is 0 Å². The van der Waals surface area contributed by atoms with Gasteiger partial charge in [0.1, 0.15) is 18.1 Å². The molecule has 0 bridgehead atoms. The summed E-state index contributed by atoms with van der Waals surface area (Å²) in [7, 11) is 3.44. The number of likely N-dealkylation sites (N-methyl/N-ethyl adjacent to an activating group) is 1. The number of piperazine rings is 1. The van der Waals surface area contributed by atoms with Crippen molar-refractivity contribution in [2.75, 3.05) is 53.6 Å². The quantitative estimate of drug-likeness (QED) is 0.437. The Labute approximate surface area is 234 Å². The van der Waals surface area contributed by atoms with E-state index in [-0.39, 0.29) is 31.0 Å². The number of halogens is 1. The molecular weight excluding hydrogens is 522 g/mol. The van der Waals surface area contributed by atoms with Gasteiger partial charge >= 0.3 is 11.9 Å². The number of nitrogens with zero attached hydrogens (tertiary/aromatic N) is 2. The molecule has 2 aromatic rings. The lowest BCUT2D eigenvalue weighted by Crippen LogP contribution is -2.43. The smallest absolute Gasteiger partial charge is 0.336 e. The summed E-state index contributed by atoms with van der Waals surface area (Å²) in [6, 6.07) is 11.0. The molecule has 0 saturated carbocycles. The van der Waals surface area contributed by atoms with E-state index in [0.29, 0.717) is 27.7 Å². The summed E-state index contributed by atoms with van der Waals surface area (Å²) in [5.74, 6) is -0.326. The first-order valence-electron chi connectivity index (χ1n) is 13.1. The van der Waals surface area contributed by atoms with Gasteiger partial charge in [0.15, 0.2) is 0 Å². The minimum absolute atomic E-state index is 0.0649. The Balaban J connectivity index is 1.55. The maximum absolute atomic E-state index is 13.3. The molecule has 9 nitrogen and oxygen atoms in total. The summed E-state index contributed by atoms with van der Waals surface area (Å²) in [6.45, 7) is 8.80. The predicted octanol–water partition coefficient (Wildman–Crippen LogP) is 3.85. The Bertz CT molecular complexity index is 1250. The number of nitrogens with one attached hydrogen (secondary N) is 1. The lowest BCUT2D eigenvalue weighted by Gasteiger charge is -2.31. The van der Waals surface area contributed by atoms with Crippen LogP contribution in [0.5, 0.6) is 0 Å². The third kappa shape index (κ3) is 6.91. The van der Waals surface area contributed by atoms with Crippen LogP contribution in [0.1, 0.15) is 36.8 Å². The van der Waals surface area contributed by atoms with E-state index in [2.05, 4.69) is 22.2 Å². The zero-order valence-corrected chi connectivity index (χ0v) is 23.7. The van der Waals surface area contributed by atoms with Gasteiger partial charge in [0.2, 0.25) is 0 Å². The minimum Gasteiger partial charge on any atom is -0.466 e. The fourth-order valence-electron chi connectivity index (χ4n) is 4.93. The Morgan fingerprint density at radius 2 is 1.74 bits per heavy atom. The monoisotopic (exact) mass is 557 g/mol. The maximum atomic E-state index is 13.3. The first-order chi connectivity index (χ1) is 18.8. The second-order valence-electron chi connectivity index (χ2n) is 9.66. The fraction of sp³-hybridized carbons (Fsp3) is 0.448. The molecule has 39 heavy (non-hydrogen) atoms. The van der Waals surface area contributed by atoms with Crippen LogP contribution in [0.2, 0.25) is 5.02 Å². The highest BCUT2D eigenvalue weighted by Crippen LogP contribution is 2.41. The highest BCUT2D eigenvalue weighted by molar-refractivity contribution is 6.31. The number of rotatable bonds is 10. The van der Waals surface area contributed by atoms with Crippen molar-refractivity contribution in [3.8, 4) is 0 Å². The van der Waals surface area contributed by atoms with Crippen LogP contribution in [0.25, 0.3) is 0 Å². The van der Waals surface area contributed by atoms with Gasteiger partial charge in [-0.25, -0.2) is 9.59 Å². The van der Waals surface area contributed by atoms with Crippen LogP contribution >= 0.6 is 11.6 Å². The SMILES string of the molecule is CCOC(=O)C1=C(COCc2ccc(CN3CCN(C)CC3)o2)NC(C)=C(C(=O)OC)C1c1ccccc1Cl. The number of esters is 2. The van der Waals surface area contributed by atoms with Crippen LogP contribution in [0.4, 0.5) is 0 Å². The normalized spacial score (nSPS) is 18.7. The van der Waals surface area contributed by atoms with Crippen molar-refractivity contribution in [3.05, 3.63) is 81.0 Å². The fourth-order valence-corrected chi connectivity index (χ4v) is 5.17. The van der Waals surface area contributed by atoms with Crippen molar-refractivity contribution in [1.82, 2.24) is 15.1 Å². The number of allylic oxidation sites excluding steroid dienone is 1. The van der Waals surface area contributed by atoms with Gasteiger partial charge in [-0.15, -0.1) is 0 Å². The number of hydrogen-bond donors (Lipinski definition) is 1. The second-order valence-corrected chi connectivity index (χ2v) is 10.1. The topological polar surface area (TPSA) is 93.5 Å². The van der Waals surface area contributed by atoms with Crippen LogP contribution in [0.15, 0.2) is 63.4 Å². The Morgan fingerprint density at radius 1 is 1.03 bits per heavy atom. The van der Waals surface area contributed by atoms with Crippen molar-refractivity contribution in [2.24, 2.45) is 0 Å². The largest absolute Gasteiger partial charge is 0.466 e. The average molecular weight is 558 g/mol. The first-order valence-corrected chi connectivity index (χ1v) is 13.5. The molecule has 0 aliphatic carbocycles. The molecular formula is C29H36ClN3O6. The lowest BCUT2D eigenvalue weighted by molar-refractivity contribution is -0.139. The highest BCUT2D eigenvalue weighted by Gasteiger charge is 2.39. The van der Waals surface area contributed by atoms with E-state index in [1.165, 1.54) is 7.11 Å². The molecule has 2 aliphatic rings. The number of dihydropyridines is 1. The Kier molecular flexibility index (Phi) is 9.85. The molecule has 210 valence electrons. The van der Waals surface area contributed by atoms with Gasteiger partial charge in [-0.05, 0) is 44.7 Å². The molecule has 4 rings (SSSR count). The molecule has 2 aliphatic heterocycles. The Hall–Kier alpha value is -3.11. The molecule has 1 atom stereocenters. The number of carbonyl (C=O) groups excluding carboxylic acids is 2. The van der Waals surface area contributed by atoms with E-state index in [1.807, 2.05) is 18.2 Å². The molecule has 10 heteroatoms. The maximum Gasteiger partial charge on any atom is 0.336 e. The van der Waals surface area contributed by atoms with Crippen LogP contribution in [-0.4, -0.2) is 75.3 Å². The van der Waals surface area contributed by atoms with E-state index in [9.17, 15) is 9.59 Å². The van der Waals surface area contributed by atoms with E-state index in [4.69, 9.17) is 30.2 Å². The van der Waals surface area contributed by atoms with Crippen LogP contribution < -0.4 is 5.32 Å². The third-order valence-electron chi connectivity index (χ3n) is 6.95. The van der Waals surface area contributed by atoms with Crippen molar-refractivity contribution < 1.29 is 28.2 Å². The number of benzene rings is 1. The molecule has 1 N–H and O–H groups in total. The van der Waals surface area contributed by atoms with Crippen molar-refractivity contribution in [2.45, 2.75) is 32.9 Å². The average Bonchev–Trinajstić information content (AvgIpc) is 3.36. The van der Waals surface area contributed by atoms with Crippen LogP contribution in [0.3, 0.4) is 0 Å². The molecule has 1 aromatic carbocycles. The summed E-state index contributed by atoms with van der Waals surface area (Å²) >= 11 is 6.56. The number of furan rings is 1. The molecule has 1 unspecified atom stereocenters. The summed E-state index contributed by atoms with van der Waals surface area (Å²) in [6.07, 6.45) is 0.